The maximum atomic E-state index is 12.6. The minimum atomic E-state index is 0.0756. The Kier molecular flexibility index (Phi) is 9.30. The summed E-state index contributed by atoms with van der Waals surface area (Å²) in [5, 5.41) is 11.7. The van der Waals surface area contributed by atoms with Gasteiger partial charge < -0.3 is 24.4 Å². The van der Waals surface area contributed by atoms with Crippen molar-refractivity contribution in [2.75, 3.05) is 40.3 Å². The number of likely N-dealkylation sites (N-methyl/N-ethyl adjacent to an activating group) is 2. The molecule has 2 rings (SSSR count). The number of aliphatic imine (C=N–C) groups is 1. The zero-order valence-electron chi connectivity index (χ0n) is 19.6. The molecule has 1 aromatic carbocycles. The molecule has 0 saturated heterocycles. The number of aryl methyl sites for hydroxylation is 1. The summed E-state index contributed by atoms with van der Waals surface area (Å²) in [5.74, 6) is 3.19. The summed E-state index contributed by atoms with van der Waals surface area (Å²) in [6, 6.07) is 8.01. The Morgan fingerprint density at radius 1 is 1.19 bits per heavy atom. The van der Waals surface area contributed by atoms with E-state index >= 15 is 0 Å². The van der Waals surface area contributed by atoms with Gasteiger partial charge >= 0.3 is 0 Å². The van der Waals surface area contributed by atoms with Crippen LogP contribution in [-0.2, 0) is 24.8 Å². The van der Waals surface area contributed by atoms with E-state index < -0.39 is 0 Å². The second kappa shape index (κ2) is 11.9. The van der Waals surface area contributed by atoms with Crippen LogP contribution in [0.25, 0.3) is 0 Å². The topological polar surface area (TPSA) is 87.9 Å². The van der Waals surface area contributed by atoms with Crippen molar-refractivity contribution >= 4 is 11.9 Å². The average molecular weight is 430 g/mol. The highest BCUT2D eigenvalue weighted by atomic mass is 16.5. The van der Waals surface area contributed by atoms with Gasteiger partial charge in [0.05, 0.1) is 13.7 Å². The van der Waals surface area contributed by atoms with Crippen LogP contribution in [0, 0.1) is 6.92 Å². The van der Waals surface area contributed by atoms with Gasteiger partial charge in [0.2, 0.25) is 5.91 Å². The zero-order valence-corrected chi connectivity index (χ0v) is 19.6. The Morgan fingerprint density at radius 3 is 2.42 bits per heavy atom. The first-order valence-corrected chi connectivity index (χ1v) is 10.6. The van der Waals surface area contributed by atoms with Crippen LogP contribution in [0.15, 0.2) is 29.3 Å². The first-order chi connectivity index (χ1) is 14.9. The molecular weight excluding hydrogens is 394 g/mol. The molecule has 0 fully saturated rings. The highest BCUT2D eigenvalue weighted by Crippen LogP contribution is 2.11. The maximum absolute atomic E-state index is 12.6. The summed E-state index contributed by atoms with van der Waals surface area (Å²) >= 11 is 0. The number of amides is 1. The third kappa shape index (κ3) is 6.97. The van der Waals surface area contributed by atoms with Crippen LogP contribution in [0.1, 0.15) is 31.1 Å². The number of benzene rings is 1. The number of guanidine groups is 1. The largest absolute Gasteiger partial charge is 0.497 e. The molecule has 0 radical (unpaired) electrons. The number of carbonyl (C=O) groups is 1. The summed E-state index contributed by atoms with van der Waals surface area (Å²) in [6.07, 6.45) is 0.823. The predicted octanol–water partition coefficient (Wildman–Crippen LogP) is 1.62. The van der Waals surface area contributed by atoms with Gasteiger partial charge in [0, 0.05) is 33.7 Å². The normalized spacial score (nSPS) is 11.4. The van der Waals surface area contributed by atoms with Crippen LogP contribution in [0.3, 0.4) is 0 Å². The Balaban J connectivity index is 2.07. The molecule has 0 aliphatic carbocycles. The van der Waals surface area contributed by atoms with Crippen LogP contribution in [-0.4, -0.2) is 76.8 Å². The summed E-state index contributed by atoms with van der Waals surface area (Å²) in [4.78, 5) is 21.0. The summed E-state index contributed by atoms with van der Waals surface area (Å²) in [5.41, 5.74) is 1.19. The molecule has 0 spiro atoms. The molecule has 0 saturated carbocycles. The van der Waals surface area contributed by atoms with Crippen LogP contribution in [0.4, 0.5) is 0 Å². The molecule has 0 unspecified atom stereocenters. The number of methoxy groups -OCH3 is 1. The Labute approximate surface area is 185 Å². The van der Waals surface area contributed by atoms with Crippen molar-refractivity contribution in [3.05, 3.63) is 41.5 Å². The van der Waals surface area contributed by atoms with Crippen LogP contribution in [0.5, 0.6) is 5.75 Å². The molecule has 1 aromatic heterocycles. The molecule has 2 aromatic rings. The highest BCUT2D eigenvalue weighted by Gasteiger charge is 2.16. The maximum Gasteiger partial charge on any atom is 0.242 e. The summed E-state index contributed by atoms with van der Waals surface area (Å²) in [6.45, 7) is 8.59. The summed E-state index contributed by atoms with van der Waals surface area (Å²) in [7, 11) is 5.46. The van der Waals surface area contributed by atoms with E-state index in [1.807, 2.05) is 73.5 Å². The van der Waals surface area contributed by atoms with E-state index in [9.17, 15) is 4.79 Å². The van der Waals surface area contributed by atoms with E-state index in [0.717, 1.165) is 23.8 Å². The van der Waals surface area contributed by atoms with Gasteiger partial charge in [0.1, 0.15) is 18.1 Å². The van der Waals surface area contributed by atoms with Gasteiger partial charge in [0.15, 0.2) is 11.8 Å². The lowest BCUT2D eigenvalue weighted by Crippen LogP contribution is -2.46. The first kappa shape index (κ1) is 24.2. The second-order valence-electron chi connectivity index (χ2n) is 7.31. The number of aromatic nitrogens is 3. The lowest BCUT2D eigenvalue weighted by molar-refractivity contribution is -0.131. The molecule has 31 heavy (non-hydrogen) atoms. The van der Waals surface area contributed by atoms with Gasteiger partial charge in [-0.1, -0.05) is 12.1 Å². The third-order valence-corrected chi connectivity index (χ3v) is 5.26. The van der Waals surface area contributed by atoms with Gasteiger partial charge in [-0.05, 0) is 44.9 Å². The molecule has 0 aliphatic heterocycles. The number of nitrogens with zero attached hydrogens (tertiary/aromatic N) is 6. The molecule has 0 aliphatic rings. The number of carbonyl (C=O) groups excluding carboxylic acids is 1. The Morgan fingerprint density at radius 2 is 1.87 bits per heavy atom. The van der Waals surface area contributed by atoms with E-state index in [4.69, 9.17) is 9.73 Å². The highest BCUT2D eigenvalue weighted by molar-refractivity contribution is 5.86. The smallest absolute Gasteiger partial charge is 0.242 e. The fourth-order valence-electron chi connectivity index (χ4n) is 3.11. The minimum Gasteiger partial charge on any atom is -0.497 e. The van der Waals surface area contributed by atoms with Crippen molar-refractivity contribution < 1.29 is 9.53 Å². The number of hydrogen-bond acceptors (Lipinski definition) is 5. The lowest BCUT2D eigenvalue weighted by atomic mass is 10.1. The first-order valence-electron chi connectivity index (χ1n) is 10.6. The van der Waals surface area contributed by atoms with E-state index in [0.29, 0.717) is 32.1 Å². The van der Waals surface area contributed by atoms with E-state index in [2.05, 4.69) is 15.5 Å². The molecule has 0 bridgehead atoms. The van der Waals surface area contributed by atoms with Gasteiger partial charge in [-0.15, -0.1) is 10.2 Å². The minimum absolute atomic E-state index is 0.0756. The summed E-state index contributed by atoms with van der Waals surface area (Å²) < 4.78 is 7.13. The van der Waals surface area contributed by atoms with Crippen molar-refractivity contribution in [1.29, 1.82) is 0 Å². The molecule has 1 heterocycles. The van der Waals surface area contributed by atoms with Gasteiger partial charge in [-0.25, -0.2) is 4.99 Å². The standard InChI is InChI=1S/C22H35N7O2/c1-7-29(8-2)21(30)16-27(4)22(24-15-20-26-25-17(3)28(20)5)23-14-13-18-9-11-19(31-6)12-10-18/h9-12H,7-8,13-16H2,1-6H3,(H,23,24). The van der Waals surface area contributed by atoms with Crippen LogP contribution >= 0.6 is 0 Å². The van der Waals surface area contributed by atoms with Crippen molar-refractivity contribution in [2.24, 2.45) is 12.0 Å². The zero-order chi connectivity index (χ0) is 22.8. The molecule has 1 N–H and O–H groups in total. The number of hydrogen-bond donors (Lipinski definition) is 1. The number of nitrogens with one attached hydrogen (secondary N) is 1. The predicted molar refractivity (Wildman–Crippen MR) is 122 cm³/mol. The SMILES string of the molecule is CCN(CC)C(=O)CN(C)C(=NCc1nnc(C)n1C)NCCc1ccc(OC)cc1. The molecule has 170 valence electrons. The van der Waals surface area contributed by atoms with Gasteiger partial charge in [-0.2, -0.15) is 0 Å². The molecule has 1 amide bonds. The quantitative estimate of drug-likeness (QED) is 0.456. The molecular formula is C22H35N7O2. The van der Waals surface area contributed by atoms with Gasteiger partial charge in [-0.3, -0.25) is 4.79 Å². The Bertz CT molecular complexity index is 857. The monoisotopic (exact) mass is 429 g/mol. The molecule has 9 heteroatoms. The molecule has 9 nitrogen and oxygen atoms in total. The number of rotatable bonds is 10. The second-order valence-corrected chi connectivity index (χ2v) is 7.31. The van der Waals surface area contributed by atoms with E-state index in [1.54, 1.807) is 7.11 Å². The fraction of sp³-hybridized carbons (Fsp3) is 0.545. The number of ether oxygens (including phenoxy) is 1. The van der Waals surface area contributed by atoms with E-state index in [-0.39, 0.29) is 12.5 Å². The van der Waals surface area contributed by atoms with E-state index in [1.165, 1.54) is 5.56 Å². The van der Waals surface area contributed by atoms with Crippen LogP contribution in [0.2, 0.25) is 0 Å². The van der Waals surface area contributed by atoms with Crippen molar-refractivity contribution in [3.8, 4) is 5.75 Å². The molecule has 0 atom stereocenters. The van der Waals surface area contributed by atoms with Crippen molar-refractivity contribution in [2.45, 2.75) is 33.7 Å². The van der Waals surface area contributed by atoms with Crippen molar-refractivity contribution in [1.82, 2.24) is 29.9 Å². The van der Waals surface area contributed by atoms with Crippen molar-refractivity contribution in [3.63, 3.8) is 0 Å². The Hall–Kier alpha value is -3.10. The van der Waals surface area contributed by atoms with Crippen LogP contribution < -0.4 is 10.1 Å². The third-order valence-electron chi connectivity index (χ3n) is 5.26. The average Bonchev–Trinajstić information content (AvgIpc) is 3.09. The fourth-order valence-corrected chi connectivity index (χ4v) is 3.11. The van der Waals surface area contributed by atoms with Gasteiger partial charge in [0.25, 0.3) is 0 Å². The lowest BCUT2D eigenvalue weighted by Gasteiger charge is -2.26.